The van der Waals surface area contributed by atoms with Crippen LogP contribution in [0.1, 0.15) is 29.8 Å². The maximum Gasteiger partial charge on any atom is 0.292 e. The number of nitro benzene ring substituents is 1. The Bertz CT molecular complexity index is 649. The van der Waals surface area contributed by atoms with Gasteiger partial charge >= 0.3 is 0 Å². The van der Waals surface area contributed by atoms with Gasteiger partial charge in [-0.1, -0.05) is 6.07 Å². The van der Waals surface area contributed by atoms with E-state index in [9.17, 15) is 10.1 Å². The molecule has 20 heavy (non-hydrogen) atoms. The van der Waals surface area contributed by atoms with Crippen molar-refractivity contribution in [2.24, 2.45) is 7.05 Å². The Morgan fingerprint density at radius 1 is 1.40 bits per heavy atom. The van der Waals surface area contributed by atoms with Crippen molar-refractivity contribution >= 4 is 11.4 Å². The molecule has 0 amide bonds. The summed E-state index contributed by atoms with van der Waals surface area (Å²) in [6, 6.07) is 5.01. The number of rotatable bonds is 4. The maximum absolute atomic E-state index is 11.1. The summed E-state index contributed by atoms with van der Waals surface area (Å²) in [4.78, 5) is 10.7. The zero-order chi connectivity index (χ0) is 14.9. The molecule has 0 saturated heterocycles. The molecule has 6 heteroatoms. The molecule has 0 spiro atoms. The molecule has 2 rings (SSSR count). The highest BCUT2D eigenvalue weighted by Crippen LogP contribution is 2.29. The van der Waals surface area contributed by atoms with Crippen molar-refractivity contribution in [2.45, 2.75) is 26.8 Å². The number of aromatic nitrogens is 2. The number of aryl methyl sites for hydroxylation is 3. The number of nitro groups is 1. The molecule has 2 aromatic rings. The smallest absolute Gasteiger partial charge is 0.292 e. The lowest BCUT2D eigenvalue weighted by Gasteiger charge is -2.15. The van der Waals surface area contributed by atoms with Crippen LogP contribution < -0.4 is 5.32 Å². The van der Waals surface area contributed by atoms with E-state index in [1.807, 2.05) is 34.0 Å². The monoisotopic (exact) mass is 274 g/mol. The summed E-state index contributed by atoms with van der Waals surface area (Å²) in [7, 11) is 1.86. The minimum atomic E-state index is -0.370. The van der Waals surface area contributed by atoms with Gasteiger partial charge in [0, 0.05) is 24.9 Å². The molecule has 0 saturated carbocycles. The van der Waals surface area contributed by atoms with Gasteiger partial charge in [0.05, 0.1) is 16.7 Å². The van der Waals surface area contributed by atoms with E-state index in [0.717, 1.165) is 16.8 Å². The van der Waals surface area contributed by atoms with Crippen LogP contribution in [0.4, 0.5) is 11.4 Å². The van der Waals surface area contributed by atoms with Gasteiger partial charge in [-0.15, -0.1) is 0 Å². The van der Waals surface area contributed by atoms with Gasteiger partial charge in [-0.3, -0.25) is 14.8 Å². The van der Waals surface area contributed by atoms with E-state index in [1.54, 1.807) is 16.8 Å². The Kier molecular flexibility index (Phi) is 3.74. The highest BCUT2D eigenvalue weighted by molar-refractivity contribution is 5.63. The summed E-state index contributed by atoms with van der Waals surface area (Å²) in [6.45, 7) is 5.81. The van der Waals surface area contributed by atoms with Crippen molar-refractivity contribution in [3.63, 3.8) is 0 Å². The van der Waals surface area contributed by atoms with Crippen molar-refractivity contribution in [3.8, 4) is 0 Å². The third kappa shape index (κ3) is 2.79. The lowest BCUT2D eigenvalue weighted by atomic mass is 10.1. The second-order valence-corrected chi connectivity index (χ2v) is 4.99. The molecular formula is C14H18N4O2. The summed E-state index contributed by atoms with van der Waals surface area (Å²) < 4.78 is 1.74. The van der Waals surface area contributed by atoms with Crippen LogP contribution in [0, 0.1) is 24.0 Å². The van der Waals surface area contributed by atoms with Gasteiger partial charge < -0.3 is 5.32 Å². The van der Waals surface area contributed by atoms with E-state index in [1.165, 1.54) is 6.07 Å². The highest BCUT2D eigenvalue weighted by atomic mass is 16.6. The van der Waals surface area contributed by atoms with Crippen LogP contribution in [0.2, 0.25) is 0 Å². The molecule has 1 N–H and O–H groups in total. The SMILES string of the molecule is Cc1ccc([N+](=O)[O-])c(NC(C)c2cn(C)nc2C)c1. The largest absolute Gasteiger partial charge is 0.373 e. The molecule has 0 bridgehead atoms. The topological polar surface area (TPSA) is 73.0 Å². The number of hydrogen-bond acceptors (Lipinski definition) is 4. The maximum atomic E-state index is 11.1. The molecule has 1 unspecified atom stereocenters. The van der Waals surface area contributed by atoms with Crippen molar-refractivity contribution in [2.75, 3.05) is 5.32 Å². The van der Waals surface area contributed by atoms with Crippen LogP contribution in [0.3, 0.4) is 0 Å². The third-order valence-electron chi connectivity index (χ3n) is 3.24. The predicted molar refractivity (Wildman–Crippen MR) is 77.8 cm³/mol. The van der Waals surface area contributed by atoms with Crippen LogP contribution in [0.25, 0.3) is 0 Å². The molecule has 0 radical (unpaired) electrons. The Morgan fingerprint density at radius 3 is 2.65 bits per heavy atom. The molecular weight excluding hydrogens is 256 g/mol. The molecule has 1 atom stereocenters. The first-order valence-electron chi connectivity index (χ1n) is 6.40. The third-order valence-corrected chi connectivity index (χ3v) is 3.24. The van der Waals surface area contributed by atoms with Crippen LogP contribution in [0.5, 0.6) is 0 Å². The molecule has 0 aliphatic carbocycles. The molecule has 0 fully saturated rings. The van der Waals surface area contributed by atoms with E-state index in [2.05, 4.69) is 10.4 Å². The van der Waals surface area contributed by atoms with Crippen LogP contribution in [0.15, 0.2) is 24.4 Å². The van der Waals surface area contributed by atoms with Crippen LogP contribution in [-0.2, 0) is 7.05 Å². The average Bonchev–Trinajstić information content (AvgIpc) is 2.68. The van der Waals surface area contributed by atoms with E-state index in [0.29, 0.717) is 5.69 Å². The minimum Gasteiger partial charge on any atom is -0.373 e. The Morgan fingerprint density at radius 2 is 2.10 bits per heavy atom. The summed E-state index contributed by atoms with van der Waals surface area (Å²) in [6.07, 6.45) is 1.93. The molecule has 1 aromatic heterocycles. The first-order valence-corrected chi connectivity index (χ1v) is 6.40. The average molecular weight is 274 g/mol. The molecule has 1 aromatic carbocycles. The predicted octanol–water partition coefficient (Wildman–Crippen LogP) is 3.12. The number of anilines is 1. The number of nitrogens with one attached hydrogen (secondary N) is 1. The minimum absolute atomic E-state index is 0.0517. The summed E-state index contributed by atoms with van der Waals surface area (Å²) in [5, 5.41) is 18.6. The van der Waals surface area contributed by atoms with Gasteiger partial charge in [0.2, 0.25) is 0 Å². The molecule has 6 nitrogen and oxygen atoms in total. The Labute approximate surface area is 117 Å². The van der Waals surface area contributed by atoms with E-state index in [4.69, 9.17) is 0 Å². The van der Waals surface area contributed by atoms with Gasteiger partial charge in [-0.05, 0) is 32.4 Å². The van der Waals surface area contributed by atoms with Crippen molar-refractivity contribution in [1.82, 2.24) is 9.78 Å². The fourth-order valence-electron chi connectivity index (χ4n) is 2.28. The number of benzene rings is 1. The Hall–Kier alpha value is -2.37. The summed E-state index contributed by atoms with van der Waals surface area (Å²) in [5.41, 5.74) is 3.55. The molecule has 1 heterocycles. The van der Waals surface area contributed by atoms with E-state index >= 15 is 0 Å². The lowest BCUT2D eigenvalue weighted by Crippen LogP contribution is -2.09. The first-order chi connectivity index (χ1) is 9.38. The zero-order valence-corrected chi connectivity index (χ0v) is 12.0. The molecule has 106 valence electrons. The van der Waals surface area contributed by atoms with Gasteiger partial charge in [0.15, 0.2) is 0 Å². The number of hydrogen-bond donors (Lipinski definition) is 1. The summed E-state index contributed by atoms with van der Waals surface area (Å²) >= 11 is 0. The van der Waals surface area contributed by atoms with E-state index in [-0.39, 0.29) is 16.7 Å². The quantitative estimate of drug-likeness (QED) is 0.686. The van der Waals surface area contributed by atoms with Crippen molar-refractivity contribution in [1.29, 1.82) is 0 Å². The van der Waals surface area contributed by atoms with Gasteiger partial charge in [-0.25, -0.2) is 0 Å². The summed E-state index contributed by atoms with van der Waals surface area (Å²) in [5.74, 6) is 0. The van der Waals surface area contributed by atoms with Gasteiger partial charge in [0.25, 0.3) is 5.69 Å². The van der Waals surface area contributed by atoms with Crippen LogP contribution >= 0.6 is 0 Å². The first kappa shape index (κ1) is 14.0. The second-order valence-electron chi connectivity index (χ2n) is 4.99. The fraction of sp³-hybridized carbons (Fsp3) is 0.357. The van der Waals surface area contributed by atoms with Crippen molar-refractivity contribution < 1.29 is 4.92 Å². The lowest BCUT2D eigenvalue weighted by molar-refractivity contribution is -0.384. The fourth-order valence-corrected chi connectivity index (χ4v) is 2.28. The highest BCUT2D eigenvalue weighted by Gasteiger charge is 2.18. The van der Waals surface area contributed by atoms with Crippen molar-refractivity contribution in [3.05, 3.63) is 51.3 Å². The van der Waals surface area contributed by atoms with E-state index < -0.39 is 0 Å². The molecule has 0 aliphatic heterocycles. The normalized spacial score (nSPS) is 12.2. The van der Waals surface area contributed by atoms with Crippen LogP contribution in [-0.4, -0.2) is 14.7 Å². The standard InChI is InChI=1S/C14H18N4O2/c1-9-5-6-14(18(19)20)13(7-9)15-10(2)12-8-17(4)16-11(12)3/h5-8,10,15H,1-4H3. The zero-order valence-electron chi connectivity index (χ0n) is 12.0. The second kappa shape index (κ2) is 5.32. The Balaban J connectivity index is 2.32. The van der Waals surface area contributed by atoms with Gasteiger partial charge in [-0.2, -0.15) is 5.10 Å². The molecule has 0 aliphatic rings. The number of nitrogens with zero attached hydrogens (tertiary/aromatic N) is 3. The van der Waals surface area contributed by atoms with Gasteiger partial charge in [0.1, 0.15) is 5.69 Å².